The lowest BCUT2D eigenvalue weighted by atomic mass is 10.8. The highest BCUT2D eigenvalue weighted by molar-refractivity contribution is 7.80. The van der Waals surface area contributed by atoms with E-state index in [0.29, 0.717) is 0 Å². The monoisotopic (exact) mass is 120 g/mol. The van der Waals surface area contributed by atoms with E-state index in [9.17, 15) is 0 Å². The fourth-order valence-electron chi connectivity index (χ4n) is 0.258. The molecule has 0 bridgehead atoms. The van der Waals surface area contributed by atoms with E-state index in [0.717, 1.165) is 0 Å². The fourth-order valence-corrected chi connectivity index (χ4v) is 0.258. The lowest BCUT2D eigenvalue weighted by molar-refractivity contribution is 0.353. The molecular formula is C4H12N2S. The van der Waals surface area contributed by atoms with Crippen LogP contribution in [-0.4, -0.2) is 31.5 Å². The van der Waals surface area contributed by atoms with Crippen LogP contribution in [0.4, 0.5) is 0 Å². The number of nitrogens with one attached hydrogen (secondary N) is 1. The van der Waals surface area contributed by atoms with E-state index in [2.05, 4.69) is 17.9 Å². The minimum Gasteiger partial charge on any atom is -0.296 e. The van der Waals surface area contributed by atoms with E-state index in [1.807, 2.05) is 26.0 Å². The van der Waals surface area contributed by atoms with Gasteiger partial charge in [-0.15, -0.1) is 12.6 Å². The van der Waals surface area contributed by atoms with Gasteiger partial charge in [0.15, 0.2) is 0 Å². The Morgan fingerprint density at radius 3 is 2.00 bits per heavy atom. The van der Waals surface area contributed by atoms with Gasteiger partial charge in [0.2, 0.25) is 0 Å². The van der Waals surface area contributed by atoms with E-state index in [-0.39, 0.29) is 5.50 Å². The maximum Gasteiger partial charge on any atom is 0.104 e. The summed E-state index contributed by atoms with van der Waals surface area (Å²) in [7, 11) is 5.81. The van der Waals surface area contributed by atoms with Crippen LogP contribution in [0.1, 0.15) is 0 Å². The molecule has 1 unspecified atom stereocenters. The Kier molecular flexibility index (Phi) is 3.42. The molecule has 0 saturated heterocycles. The van der Waals surface area contributed by atoms with Gasteiger partial charge in [-0.25, -0.2) is 0 Å². The summed E-state index contributed by atoms with van der Waals surface area (Å²) in [6.07, 6.45) is 0. The number of thiol groups is 1. The average Bonchev–Trinajstić information content (AvgIpc) is 1.65. The first-order valence-electron chi connectivity index (χ1n) is 2.20. The Morgan fingerprint density at radius 2 is 2.00 bits per heavy atom. The SMILES string of the molecule is CNC(S)N(C)C. The summed E-state index contributed by atoms with van der Waals surface area (Å²) in [4.78, 5) is 1.98. The van der Waals surface area contributed by atoms with Crippen molar-refractivity contribution in [3.05, 3.63) is 0 Å². The Labute approximate surface area is 50.3 Å². The molecule has 0 aliphatic rings. The molecule has 0 amide bonds. The molecule has 0 saturated carbocycles. The molecule has 0 aliphatic carbocycles. The molecule has 0 aromatic carbocycles. The Balaban J connectivity index is 3.14. The zero-order valence-corrected chi connectivity index (χ0v) is 5.87. The molecule has 0 aromatic rings. The van der Waals surface area contributed by atoms with E-state index < -0.39 is 0 Å². The second kappa shape index (κ2) is 3.29. The topological polar surface area (TPSA) is 15.3 Å². The maximum atomic E-state index is 4.14. The highest BCUT2D eigenvalue weighted by atomic mass is 32.1. The van der Waals surface area contributed by atoms with E-state index in [4.69, 9.17) is 0 Å². The van der Waals surface area contributed by atoms with Crippen LogP contribution < -0.4 is 5.32 Å². The minimum absolute atomic E-state index is 0.181. The molecule has 1 N–H and O–H groups in total. The summed E-state index contributed by atoms with van der Waals surface area (Å²) in [5.74, 6) is 0. The summed E-state index contributed by atoms with van der Waals surface area (Å²) in [6.45, 7) is 0. The summed E-state index contributed by atoms with van der Waals surface area (Å²) < 4.78 is 0. The molecule has 7 heavy (non-hydrogen) atoms. The molecule has 0 spiro atoms. The lowest BCUT2D eigenvalue weighted by Crippen LogP contribution is -2.33. The first-order chi connectivity index (χ1) is 3.18. The largest absolute Gasteiger partial charge is 0.296 e. The summed E-state index contributed by atoms with van der Waals surface area (Å²) in [5, 5.41) is 2.95. The predicted octanol–water partition coefficient (Wildman–Crippen LogP) is -0.0192. The van der Waals surface area contributed by atoms with Gasteiger partial charge < -0.3 is 0 Å². The molecule has 2 nitrogen and oxygen atoms in total. The zero-order chi connectivity index (χ0) is 5.86. The third-order valence-corrected chi connectivity index (χ3v) is 1.47. The number of hydrogen-bond acceptors (Lipinski definition) is 3. The molecule has 0 radical (unpaired) electrons. The smallest absolute Gasteiger partial charge is 0.104 e. The van der Waals surface area contributed by atoms with Crippen LogP contribution in [0.3, 0.4) is 0 Å². The Morgan fingerprint density at radius 1 is 1.57 bits per heavy atom. The number of hydrogen-bond donors (Lipinski definition) is 2. The van der Waals surface area contributed by atoms with Gasteiger partial charge in [-0.3, -0.25) is 10.2 Å². The lowest BCUT2D eigenvalue weighted by Gasteiger charge is -2.16. The predicted molar refractivity (Wildman–Crippen MR) is 35.5 cm³/mol. The van der Waals surface area contributed by atoms with Crippen molar-refractivity contribution in [1.82, 2.24) is 10.2 Å². The van der Waals surface area contributed by atoms with Crippen LogP contribution in [0.5, 0.6) is 0 Å². The number of rotatable bonds is 2. The van der Waals surface area contributed by atoms with Crippen LogP contribution in [0.15, 0.2) is 0 Å². The summed E-state index contributed by atoms with van der Waals surface area (Å²) in [5.41, 5.74) is 0.181. The van der Waals surface area contributed by atoms with Crippen molar-refractivity contribution in [2.24, 2.45) is 0 Å². The van der Waals surface area contributed by atoms with Gasteiger partial charge in [-0.1, -0.05) is 0 Å². The molecule has 1 atom stereocenters. The van der Waals surface area contributed by atoms with Crippen molar-refractivity contribution in [2.75, 3.05) is 21.1 Å². The highest BCUT2D eigenvalue weighted by Crippen LogP contribution is 1.89. The molecule has 44 valence electrons. The van der Waals surface area contributed by atoms with E-state index >= 15 is 0 Å². The quantitative estimate of drug-likeness (QED) is 0.393. The van der Waals surface area contributed by atoms with Gasteiger partial charge in [-0.2, -0.15) is 0 Å². The van der Waals surface area contributed by atoms with Crippen LogP contribution in [0.2, 0.25) is 0 Å². The highest BCUT2D eigenvalue weighted by Gasteiger charge is 1.96. The molecule has 3 heteroatoms. The van der Waals surface area contributed by atoms with Gasteiger partial charge in [0, 0.05) is 0 Å². The summed E-state index contributed by atoms with van der Waals surface area (Å²) >= 11 is 4.14. The Hall–Kier alpha value is 0.270. The van der Waals surface area contributed by atoms with Crippen LogP contribution in [0, 0.1) is 0 Å². The zero-order valence-electron chi connectivity index (χ0n) is 4.97. The van der Waals surface area contributed by atoms with Gasteiger partial charge >= 0.3 is 0 Å². The summed E-state index contributed by atoms with van der Waals surface area (Å²) in [6, 6.07) is 0. The first-order valence-corrected chi connectivity index (χ1v) is 2.72. The van der Waals surface area contributed by atoms with E-state index in [1.165, 1.54) is 0 Å². The van der Waals surface area contributed by atoms with E-state index in [1.54, 1.807) is 0 Å². The second-order valence-electron chi connectivity index (χ2n) is 1.63. The minimum atomic E-state index is 0.181. The van der Waals surface area contributed by atoms with Crippen molar-refractivity contribution in [1.29, 1.82) is 0 Å². The van der Waals surface area contributed by atoms with Gasteiger partial charge in [0.1, 0.15) is 5.50 Å². The van der Waals surface area contributed by atoms with Gasteiger partial charge in [0.25, 0.3) is 0 Å². The molecular weight excluding hydrogens is 108 g/mol. The van der Waals surface area contributed by atoms with Crippen molar-refractivity contribution in [3.8, 4) is 0 Å². The van der Waals surface area contributed by atoms with Gasteiger partial charge in [0.05, 0.1) is 0 Å². The van der Waals surface area contributed by atoms with Crippen molar-refractivity contribution in [3.63, 3.8) is 0 Å². The third-order valence-electron chi connectivity index (χ3n) is 0.747. The van der Waals surface area contributed by atoms with Crippen LogP contribution >= 0.6 is 12.6 Å². The average molecular weight is 120 g/mol. The fraction of sp³-hybridized carbons (Fsp3) is 1.00. The van der Waals surface area contributed by atoms with Crippen molar-refractivity contribution < 1.29 is 0 Å². The third kappa shape index (κ3) is 2.91. The molecule has 0 aliphatic heterocycles. The maximum absolute atomic E-state index is 4.14. The van der Waals surface area contributed by atoms with Gasteiger partial charge in [-0.05, 0) is 21.1 Å². The molecule has 0 fully saturated rings. The standard InChI is InChI=1S/C4H12N2S/c1-5-4(7)6(2)3/h4-5,7H,1-3H3. The Bertz CT molecular complexity index is 47.0. The van der Waals surface area contributed by atoms with Crippen LogP contribution in [0.25, 0.3) is 0 Å². The van der Waals surface area contributed by atoms with Crippen molar-refractivity contribution >= 4 is 12.6 Å². The van der Waals surface area contributed by atoms with Crippen molar-refractivity contribution in [2.45, 2.75) is 5.50 Å². The second-order valence-corrected chi connectivity index (χ2v) is 2.12. The normalized spacial score (nSPS) is 15.0. The molecule has 0 aromatic heterocycles. The molecule has 0 rings (SSSR count). The van der Waals surface area contributed by atoms with Crippen LogP contribution in [-0.2, 0) is 0 Å². The molecule has 0 heterocycles. The first kappa shape index (κ1) is 7.27. The number of nitrogens with zero attached hydrogens (tertiary/aromatic N) is 1.